The molecule has 0 aromatic rings. The van der Waals surface area contributed by atoms with Crippen LogP contribution in [0.1, 0.15) is 40.0 Å². The zero-order valence-corrected chi connectivity index (χ0v) is 8.93. The minimum Gasteiger partial charge on any atom is -0.390 e. The fraction of sp³-hybridized carbons (Fsp3) is 0.800. The van der Waals surface area contributed by atoms with Crippen molar-refractivity contribution in [3.05, 3.63) is 11.6 Å². The molecule has 0 amide bonds. The van der Waals surface area contributed by atoms with Crippen LogP contribution >= 0.6 is 11.6 Å². The maximum Gasteiger partial charge on any atom is 0.0591 e. The second-order valence-corrected chi connectivity index (χ2v) is 4.25. The summed E-state index contributed by atoms with van der Waals surface area (Å²) in [7, 11) is 0. The van der Waals surface area contributed by atoms with Crippen molar-refractivity contribution in [2.45, 2.75) is 45.6 Å². The second-order valence-electron chi connectivity index (χ2n) is 4.00. The summed E-state index contributed by atoms with van der Waals surface area (Å²) in [6.07, 6.45) is 4.97. The van der Waals surface area contributed by atoms with Gasteiger partial charge in [0.25, 0.3) is 0 Å². The fourth-order valence-corrected chi connectivity index (χ4v) is 1.33. The van der Waals surface area contributed by atoms with E-state index in [1.54, 1.807) is 5.54 Å². The van der Waals surface area contributed by atoms with Gasteiger partial charge in [0.05, 0.1) is 5.60 Å². The van der Waals surface area contributed by atoms with E-state index in [1.165, 1.54) is 0 Å². The maximum absolute atomic E-state index is 9.42. The Morgan fingerprint density at radius 1 is 1.50 bits per heavy atom. The molecule has 1 unspecified atom stereocenters. The molecule has 0 heterocycles. The Morgan fingerprint density at radius 2 is 2.08 bits per heavy atom. The number of allylic oxidation sites excluding steroid dienone is 1. The van der Waals surface area contributed by atoms with E-state index < -0.39 is 5.60 Å². The highest BCUT2D eigenvalue weighted by molar-refractivity contribution is 6.25. The van der Waals surface area contributed by atoms with Crippen LogP contribution in [-0.2, 0) is 0 Å². The zero-order chi connectivity index (χ0) is 9.61. The lowest BCUT2D eigenvalue weighted by Crippen LogP contribution is -2.18. The summed E-state index contributed by atoms with van der Waals surface area (Å²) in [6.45, 7) is 5.81. The van der Waals surface area contributed by atoms with E-state index in [1.807, 2.05) is 19.9 Å². The van der Waals surface area contributed by atoms with Crippen LogP contribution in [0, 0.1) is 5.92 Å². The molecule has 12 heavy (non-hydrogen) atoms. The lowest BCUT2D eigenvalue weighted by atomic mass is 9.97. The maximum atomic E-state index is 9.42. The Labute approximate surface area is 80.4 Å². The highest BCUT2D eigenvalue weighted by atomic mass is 35.5. The van der Waals surface area contributed by atoms with Crippen molar-refractivity contribution >= 4 is 11.6 Å². The topological polar surface area (TPSA) is 20.2 Å². The van der Waals surface area contributed by atoms with Crippen LogP contribution < -0.4 is 0 Å². The lowest BCUT2D eigenvalue weighted by Gasteiger charge is -2.17. The van der Waals surface area contributed by atoms with E-state index >= 15 is 0 Å². The molecule has 0 aliphatic carbocycles. The molecule has 0 aromatic heterocycles. The van der Waals surface area contributed by atoms with Gasteiger partial charge in [0.15, 0.2) is 0 Å². The van der Waals surface area contributed by atoms with Crippen LogP contribution in [-0.4, -0.2) is 10.7 Å². The molecular formula is C10H19ClO. The number of hydrogen-bond acceptors (Lipinski definition) is 1. The van der Waals surface area contributed by atoms with E-state index in [9.17, 15) is 5.11 Å². The Kier molecular flexibility index (Phi) is 5.60. The van der Waals surface area contributed by atoms with E-state index in [4.69, 9.17) is 11.6 Å². The summed E-state index contributed by atoms with van der Waals surface area (Å²) in [5.74, 6) is 0.518. The van der Waals surface area contributed by atoms with Gasteiger partial charge in [-0.25, -0.2) is 0 Å². The lowest BCUT2D eigenvalue weighted by molar-refractivity contribution is 0.0675. The molecule has 0 aliphatic rings. The number of hydrogen-bond donors (Lipinski definition) is 1. The molecule has 72 valence electrons. The van der Waals surface area contributed by atoms with Gasteiger partial charge in [-0.15, -0.1) is 0 Å². The summed E-state index contributed by atoms with van der Waals surface area (Å²) >= 11 is 5.44. The van der Waals surface area contributed by atoms with Crippen molar-refractivity contribution in [2.75, 3.05) is 0 Å². The molecule has 0 bridgehead atoms. The monoisotopic (exact) mass is 190 g/mol. The summed E-state index contributed by atoms with van der Waals surface area (Å²) in [4.78, 5) is 0. The molecule has 0 aromatic carbocycles. The third kappa shape index (κ3) is 8.09. The highest BCUT2D eigenvalue weighted by Crippen LogP contribution is 2.16. The molecule has 0 rings (SSSR count). The third-order valence-corrected chi connectivity index (χ3v) is 1.99. The average Bonchev–Trinajstić information content (AvgIpc) is 1.84. The van der Waals surface area contributed by atoms with Crippen molar-refractivity contribution in [2.24, 2.45) is 5.92 Å². The molecule has 0 saturated carbocycles. The predicted octanol–water partition coefficient (Wildman–Crippen LogP) is 3.32. The van der Waals surface area contributed by atoms with Crippen molar-refractivity contribution < 1.29 is 5.11 Å². The van der Waals surface area contributed by atoms with Crippen LogP contribution in [0.2, 0.25) is 0 Å². The quantitative estimate of drug-likeness (QED) is 0.705. The van der Waals surface area contributed by atoms with Gasteiger partial charge in [0.2, 0.25) is 0 Å². The predicted molar refractivity (Wildman–Crippen MR) is 54.3 cm³/mol. The van der Waals surface area contributed by atoms with Gasteiger partial charge in [-0.3, -0.25) is 0 Å². The molecule has 1 N–H and O–H groups in total. The molecule has 0 fully saturated rings. The van der Waals surface area contributed by atoms with Gasteiger partial charge < -0.3 is 5.11 Å². The fourth-order valence-electron chi connectivity index (χ4n) is 1.08. The molecule has 1 atom stereocenters. The summed E-state index contributed by atoms with van der Waals surface area (Å²) in [5, 5.41) is 9.42. The van der Waals surface area contributed by atoms with E-state index in [-0.39, 0.29) is 0 Å². The van der Waals surface area contributed by atoms with E-state index in [2.05, 4.69) is 6.92 Å². The Morgan fingerprint density at radius 3 is 2.50 bits per heavy atom. The van der Waals surface area contributed by atoms with Gasteiger partial charge in [-0.1, -0.05) is 31.0 Å². The zero-order valence-electron chi connectivity index (χ0n) is 8.18. The van der Waals surface area contributed by atoms with Crippen LogP contribution in [0.4, 0.5) is 0 Å². The minimum atomic E-state index is -0.523. The Bertz CT molecular complexity index is 135. The first-order valence-electron chi connectivity index (χ1n) is 4.45. The van der Waals surface area contributed by atoms with Crippen molar-refractivity contribution in [3.8, 4) is 0 Å². The molecule has 0 spiro atoms. The minimum absolute atomic E-state index is 0.518. The molecular weight excluding hydrogens is 172 g/mol. The van der Waals surface area contributed by atoms with Gasteiger partial charge in [-0.2, -0.15) is 0 Å². The number of halogens is 1. The molecule has 1 nitrogen and oxygen atoms in total. The molecule has 0 aliphatic heterocycles. The summed E-state index contributed by atoms with van der Waals surface area (Å²) in [5.41, 5.74) is 1.04. The van der Waals surface area contributed by atoms with Crippen molar-refractivity contribution in [1.29, 1.82) is 0 Å². The normalized spacial score (nSPS) is 15.4. The van der Waals surface area contributed by atoms with Gasteiger partial charge in [-0.05, 0) is 32.6 Å². The van der Waals surface area contributed by atoms with Gasteiger partial charge in [0.1, 0.15) is 0 Å². The van der Waals surface area contributed by atoms with Gasteiger partial charge >= 0.3 is 0 Å². The van der Waals surface area contributed by atoms with E-state index in [0.717, 1.165) is 19.3 Å². The van der Waals surface area contributed by atoms with E-state index in [0.29, 0.717) is 5.92 Å². The first-order chi connectivity index (χ1) is 5.45. The average molecular weight is 191 g/mol. The van der Waals surface area contributed by atoms with Crippen molar-refractivity contribution in [3.63, 3.8) is 0 Å². The summed E-state index contributed by atoms with van der Waals surface area (Å²) in [6, 6.07) is 0. The largest absolute Gasteiger partial charge is 0.390 e. The molecule has 2 heteroatoms. The van der Waals surface area contributed by atoms with Crippen LogP contribution in [0.3, 0.4) is 0 Å². The number of rotatable bonds is 5. The van der Waals surface area contributed by atoms with Crippen molar-refractivity contribution in [1.82, 2.24) is 0 Å². The standard InChI is InChI=1S/C10H19ClO/c1-9(6-8-11)5-4-7-10(2,3)12/h6,8-9,12H,4-5,7H2,1-3H3/b8-6+. The Balaban J connectivity index is 3.43. The summed E-state index contributed by atoms with van der Waals surface area (Å²) < 4.78 is 0. The second kappa shape index (κ2) is 5.60. The number of aliphatic hydroxyl groups is 1. The first-order valence-corrected chi connectivity index (χ1v) is 4.88. The molecule has 0 saturated heterocycles. The third-order valence-electron chi connectivity index (χ3n) is 1.85. The van der Waals surface area contributed by atoms with Crippen LogP contribution in [0.15, 0.2) is 11.6 Å². The first kappa shape index (κ1) is 12.0. The Hall–Kier alpha value is -0.0100. The van der Waals surface area contributed by atoms with Crippen LogP contribution in [0.25, 0.3) is 0 Å². The van der Waals surface area contributed by atoms with Gasteiger partial charge in [0, 0.05) is 5.54 Å². The highest BCUT2D eigenvalue weighted by Gasteiger charge is 2.11. The van der Waals surface area contributed by atoms with Crippen LogP contribution in [0.5, 0.6) is 0 Å². The smallest absolute Gasteiger partial charge is 0.0591 e. The SMILES string of the molecule is CC(/C=C/Cl)CCCC(C)(C)O. The molecule has 0 radical (unpaired) electrons.